The Hall–Kier alpha value is -1.17. The summed E-state index contributed by atoms with van der Waals surface area (Å²) in [6, 6.07) is 1.92. The first-order valence-corrected chi connectivity index (χ1v) is 7.29. The Morgan fingerprint density at radius 2 is 2.20 bits per heavy atom. The first-order valence-electron chi connectivity index (χ1n) is 6.91. The first-order chi connectivity index (χ1) is 9.66. The van der Waals surface area contributed by atoms with Crippen LogP contribution in [0.1, 0.15) is 36.0 Å². The topological polar surface area (TPSA) is 77.2 Å². The van der Waals surface area contributed by atoms with Crippen LogP contribution in [0.2, 0.25) is 5.02 Å². The highest BCUT2D eigenvalue weighted by Gasteiger charge is 2.18. The van der Waals surface area contributed by atoms with E-state index >= 15 is 0 Å². The van der Waals surface area contributed by atoms with E-state index in [2.05, 4.69) is 10.3 Å². The molecule has 1 saturated carbocycles. The zero-order valence-electron chi connectivity index (χ0n) is 11.3. The van der Waals surface area contributed by atoms with Crippen molar-refractivity contribution in [2.24, 2.45) is 5.73 Å². The predicted octanol–water partition coefficient (Wildman–Crippen LogP) is 1.75. The number of hydrogen-bond donors (Lipinski definition) is 2. The van der Waals surface area contributed by atoms with Crippen LogP contribution in [0, 0.1) is 0 Å². The van der Waals surface area contributed by atoms with Gasteiger partial charge in [0.1, 0.15) is 0 Å². The van der Waals surface area contributed by atoms with Gasteiger partial charge in [-0.25, -0.2) is 0 Å². The van der Waals surface area contributed by atoms with E-state index in [0.29, 0.717) is 29.8 Å². The molecule has 1 aromatic rings. The predicted molar refractivity (Wildman–Crippen MR) is 77.8 cm³/mol. The van der Waals surface area contributed by atoms with E-state index in [-0.39, 0.29) is 12.0 Å². The van der Waals surface area contributed by atoms with Gasteiger partial charge >= 0.3 is 0 Å². The third kappa shape index (κ3) is 4.44. The van der Waals surface area contributed by atoms with Crippen LogP contribution in [-0.4, -0.2) is 36.2 Å². The molecule has 5 nitrogen and oxygen atoms in total. The maximum Gasteiger partial charge on any atom is 0.252 e. The fourth-order valence-corrected chi connectivity index (χ4v) is 2.51. The molecule has 1 aliphatic rings. The van der Waals surface area contributed by atoms with E-state index in [1.807, 2.05) is 0 Å². The smallest absolute Gasteiger partial charge is 0.252 e. The van der Waals surface area contributed by atoms with Gasteiger partial charge in [0.05, 0.1) is 23.3 Å². The molecule has 0 aromatic carbocycles. The van der Waals surface area contributed by atoms with Gasteiger partial charge < -0.3 is 15.8 Å². The third-order valence-electron chi connectivity index (χ3n) is 3.48. The lowest BCUT2D eigenvalue weighted by Crippen LogP contribution is -2.33. The van der Waals surface area contributed by atoms with Crippen LogP contribution in [0.5, 0.6) is 0 Å². The quantitative estimate of drug-likeness (QED) is 0.812. The lowest BCUT2D eigenvalue weighted by atomic mass is 9.94. The number of pyridine rings is 1. The molecule has 1 heterocycles. The number of halogens is 1. The minimum absolute atomic E-state index is 0.202. The van der Waals surface area contributed by atoms with Crippen molar-refractivity contribution < 1.29 is 9.53 Å². The molecular weight excluding hydrogens is 278 g/mol. The van der Waals surface area contributed by atoms with E-state index in [4.69, 9.17) is 22.1 Å². The van der Waals surface area contributed by atoms with Gasteiger partial charge in [-0.1, -0.05) is 11.6 Å². The zero-order valence-corrected chi connectivity index (χ0v) is 12.1. The molecule has 0 radical (unpaired) electrons. The van der Waals surface area contributed by atoms with Crippen LogP contribution in [0.3, 0.4) is 0 Å². The van der Waals surface area contributed by atoms with E-state index < -0.39 is 0 Å². The van der Waals surface area contributed by atoms with Crippen molar-refractivity contribution in [3.05, 3.63) is 29.0 Å². The van der Waals surface area contributed by atoms with Crippen LogP contribution < -0.4 is 11.1 Å². The monoisotopic (exact) mass is 297 g/mol. The van der Waals surface area contributed by atoms with Gasteiger partial charge in [0, 0.05) is 25.0 Å². The van der Waals surface area contributed by atoms with Gasteiger partial charge in [-0.15, -0.1) is 0 Å². The van der Waals surface area contributed by atoms with Crippen molar-refractivity contribution in [1.82, 2.24) is 10.3 Å². The van der Waals surface area contributed by atoms with Gasteiger partial charge in [0.15, 0.2) is 0 Å². The summed E-state index contributed by atoms with van der Waals surface area (Å²) in [5.74, 6) is -0.202. The van der Waals surface area contributed by atoms with Gasteiger partial charge in [0.2, 0.25) is 0 Å². The number of ether oxygens (including phenoxy) is 1. The van der Waals surface area contributed by atoms with Crippen LogP contribution in [0.15, 0.2) is 18.5 Å². The van der Waals surface area contributed by atoms with E-state index in [1.165, 1.54) is 6.20 Å². The maximum atomic E-state index is 11.9. The molecule has 1 aromatic heterocycles. The summed E-state index contributed by atoms with van der Waals surface area (Å²) in [6.45, 7) is 0.981. The summed E-state index contributed by atoms with van der Waals surface area (Å²) in [4.78, 5) is 15.7. The van der Waals surface area contributed by atoms with Gasteiger partial charge in [-0.3, -0.25) is 9.78 Å². The molecule has 0 spiro atoms. The highest BCUT2D eigenvalue weighted by atomic mass is 35.5. The Labute approximate surface area is 123 Å². The third-order valence-corrected chi connectivity index (χ3v) is 3.78. The van der Waals surface area contributed by atoms with Crippen molar-refractivity contribution in [3.8, 4) is 0 Å². The summed E-state index contributed by atoms with van der Waals surface area (Å²) in [5.41, 5.74) is 6.28. The van der Waals surface area contributed by atoms with Crippen LogP contribution in [-0.2, 0) is 4.74 Å². The Kier molecular flexibility index (Phi) is 5.76. The molecule has 110 valence electrons. The molecule has 1 fully saturated rings. The fourth-order valence-electron chi connectivity index (χ4n) is 2.30. The summed E-state index contributed by atoms with van der Waals surface area (Å²) in [7, 11) is 0. The lowest BCUT2D eigenvalue weighted by molar-refractivity contribution is 0.0267. The second-order valence-corrected chi connectivity index (χ2v) is 5.43. The van der Waals surface area contributed by atoms with Crippen molar-refractivity contribution in [3.63, 3.8) is 0 Å². The summed E-state index contributed by atoms with van der Waals surface area (Å²) >= 11 is 5.90. The molecule has 0 unspecified atom stereocenters. The Bertz CT molecular complexity index is 448. The van der Waals surface area contributed by atoms with Crippen molar-refractivity contribution in [2.45, 2.75) is 37.8 Å². The Balaban J connectivity index is 1.66. The Morgan fingerprint density at radius 1 is 1.45 bits per heavy atom. The van der Waals surface area contributed by atoms with E-state index in [0.717, 1.165) is 25.7 Å². The fraction of sp³-hybridized carbons (Fsp3) is 0.571. The van der Waals surface area contributed by atoms with Gasteiger partial charge in [-0.05, 0) is 31.7 Å². The largest absolute Gasteiger partial charge is 0.376 e. The second-order valence-electron chi connectivity index (χ2n) is 5.02. The number of nitrogens with one attached hydrogen (secondary N) is 1. The number of hydrogen-bond acceptors (Lipinski definition) is 4. The molecule has 6 heteroatoms. The number of aromatic nitrogens is 1. The minimum atomic E-state index is -0.202. The van der Waals surface area contributed by atoms with Gasteiger partial charge in [-0.2, -0.15) is 0 Å². The normalized spacial score (nSPS) is 22.5. The standard InChI is InChI=1S/C14H20ClN3O2/c15-13-9-17-6-5-12(13)14(19)18-7-8-20-11-3-1-10(16)2-4-11/h5-6,9-11H,1-4,7-8,16H2,(H,18,19). The lowest BCUT2D eigenvalue weighted by Gasteiger charge is -2.26. The molecule has 0 bridgehead atoms. The number of carbonyl (C=O) groups excluding carboxylic acids is 1. The highest BCUT2D eigenvalue weighted by molar-refractivity contribution is 6.33. The number of nitrogens with zero attached hydrogens (tertiary/aromatic N) is 1. The molecule has 0 aliphatic heterocycles. The highest BCUT2D eigenvalue weighted by Crippen LogP contribution is 2.19. The molecule has 0 saturated heterocycles. The van der Waals surface area contributed by atoms with E-state index in [9.17, 15) is 4.79 Å². The number of nitrogens with two attached hydrogens (primary N) is 1. The first kappa shape index (κ1) is 15.2. The number of rotatable bonds is 5. The molecule has 3 N–H and O–H groups in total. The zero-order chi connectivity index (χ0) is 14.4. The summed E-state index contributed by atoms with van der Waals surface area (Å²) < 4.78 is 5.73. The second kappa shape index (κ2) is 7.57. The average Bonchev–Trinajstić information content (AvgIpc) is 2.46. The molecule has 1 amide bonds. The minimum Gasteiger partial charge on any atom is -0.376 e. The van der Waals surface area contributed by atoms with E-state index in [1.54, 1.807) is 12.3 Å². The van der Waals surface area contributed by atoms with Crippen molar-refractivity contribution >= 4 is 17.5 Å². The molecule has 1 aliphatic carbocycles. The molecule has 0 atom stereocenters. The molecular formula is C14H20ClN3O2. The molecule has 2 rings (SSSR count). The summed E-state index contributed by atoms with van der Waals surface area (Å²) in [5, 5.41) is 3.14. The average molecular weight is 298 g/mol. The maximum absolute atomic E-state index is 11.9. The van der Waals surface area contributed by atoms with Crippen LogP contribution >= 0.6 is 11.6 Å². The van der Waals surface area contributed by atoms with Crippen LogP contribution in [0.25, 0.3) is 0 Å². The van der Waals surface area contributed by atoms with Crippen molar-refractivity contribution in [2.75, 3.05) is 13.2 Å². The Morgan fingerprint density at radius 3 is 2.90 bits per heavy atom. The molecule has 20 heavy (non-hydrogen) atoms. The number of amides is 1. The SMILES string of the molecule is NC1CCC(OCCNC(=O)c2ccncc2Cl)CC1. The number of carbonyl (C=O) groups is 1. The van der Waals surface area contributed by atoms with Crippen molar-refractivity contribution in [1.29, 1.82) is 0 Å². The summed E-state index contributed by atoms with van der Waals surface area (Å²) in [6.07, 6.45) is 7.32. The van der Waals surface area contributed by atoms with Crippen LogP contribution in [0.4, 0.5) is 0 Å². The van der Waals surface area contributed by atoms with Gasteiger partial charge in [0.25, 0.3) is 5.91 Å².